The molecule has 8 heteroatoms. The first-order valence-corrected chi connectivity index (χ1v) is 6.38. The molecule has 7 nitrogen and oxygen atoms in total. The van der Waals surface area contributed by atoms with Gasteiger partial charge >= 0.3 is 5.97 Å². The van der Waals surface area contributed by atoms with E-state index in [2.05, 4.69) is 5.10 Å². The summed E-state index contributed by atoms with van der Waals surface area (Å²) < 4.78 is 6.46. The van der Waals surface area contributed by atoms with Crippen LogP contribution in [0.3, 0.4) is 0 Å². The molecule has 0 saturated heterocycles. The molecule has 0 unspecified atom stereocenters. The SMILES string of the molecule is Cc1nn(C)c(Cl)c1C(=O)OCc1ccccc1[N+](=O)[O-]. The quantitative estimate of drug-likeness (QED) is 0.492. The molecule has 1 heterocycles. The van der Waals surface area contributed by atoms with Crippen LogP contribution in [0, 0.1) is 17.0 Å². The van der Waals surface area contributed by atoms with E-state index in [4.69, 9.17) is 16.3 Å². The van der Waals surface area contributed by atoms with Gasteiger partial charge in [0.05, 0.1) is 16.2 Å². The van der Waals surface area contributed by atoms with Crippen molar-refractivity contribution in [1.29, 1.82) is 0 Å². The minimum absolute atomic E-state index is 0.0979. The largest absolute Gasteiger partial charge is 0.457 e. The summed E-state index contributed by atoms with van der Waals surface area (Å²) >= 11 is 5.96. The molecule has 1 aromatic heterocycles. The molecule has 0 spiro atoms. The van der Waals surface area contributed by atoms with Crippen molar-refractivity contribution in [2.45, 2.75) is 13.5 Å². The number of aromatic nitrogens is 2. The average Bonchev–Trinajstić information content (AvgIpc) is 2.70. The van der Waals surface area contributed by atoms with Crippen LogP contribution in [0.1, 0.15) is 21.6 Å². The monoisotopic (exact) mass is 309 g/mol. The van der Waals surface area contributed by atoms with Gasteiger partial charge in [-0.15, -0.1) is 0 Å². The number of aryl methyl sites for hydroxylation is 2. The molecule has 0 aliphatic carbocycles. The Balaban J connectivity index is 2.17. The maximum absolute atomic E-state index is 12.0. The zero-order chi connectivity index (χ0) is 15.6. The fourth-order valence-electron chi connectivity index (χ4n) is 1.89. The summed E-state index contributed by atoms with van der Waals surface area (Å²) in [6.45, 7) is 1.42. The molecule has 2 aromatic rings. The highest BCUT2D eigenvalue weighted by Crippen LogP contribution is 2.22. The second-order valence-electron chi connectivity index (χ2n) is 4.34. The van der Waals surface area contributed by atoms with E-state index in [0.29, 0.717) is 11.3 Å². The Morgan fingerprint density at radius 1 is 1.48 bits per heavy atom. The molecule has 110 valence electrons. The van der Waals surface area contributed by atoms with Crippen molar-refractivity contribution in [3.8, 4) is 0 Å². The minimum atomic E-state index is -0.663. The Morgan fingerprint density at radius 3 is 2.71 bits per heavy atom. The highest BCUT2D eigenvalue weighted by Gasteiger charge is 2.21. The maximum Gasteiger partial charge on any atom is 0.343 e. The molecule has 0 fully saturated rings. The van der Waals surface area contributed by atoms with Crippen LogP contribution in [0.15, 0.2) is 24.3 Å². The van der Waals surface area contributed by atoms with Gasteiger partial charge in [-0.2, -0.15) is 5.10 Å². The van der Waals surface area contributed by atoms with Crippen LogP contribution in [0.4, 0.5) is 5.69 Å². The standard InChI is InChI=1S/C13H12ClN3O4/c1-8-11(12(14)16(2)15-8)13(18)21-7-9-5-3-4-6-10(9)17(19)20/h3-6H,7H2,1-2H3. The lowest BCUT2D eigenvalue weighted by Gasteiger charge is -2.05. The number of nitro groups is 1. The van der Waals surface area contributed by atoms with E-state index < -0.39 is 10.9 Å². The van der Waals surface area contributed by atoms with Gasteiger partial charge in [-0.3, -0.25) is 14.8 Å². The zero-order valence-electron chi connectivity index (χ0n) is 11.4. The van der Waals surface area contributed by atoms with Gasteiger partial charge in [-0.05, 0) is 13.0 Å². The summed E-state index contributed by atoms with van der Waals surface area (Å²) in [6.07, 6.45) is 0. The molecule has 0 bridgehead atoms. The molecular formula is C13H12ClN3O4. The second kappa shape index (κ2) is 5.92. The predicted octanol–water partition coefficient (Wildman–Crippen LogP) is 2.65. The third-order valence-corrected chi connectivity index (χ3v) is 3.34. The van der Waals surface area contributed by atoms with Gasteiger partial charge in [0.25, 0.3) is 5.69 Å². The lowest BCUT2D eigenvalue weighted by atomic mass is 10.2. The van der Waals surface area contributed by atoms with Crippen LogP contribution in [0.5, 0.6) is 0 Å². The van der Waals surface area contributed by atoms with E-state index in [0.717, 1.165) is 0 Å². The van der Waals surface area contributed by atoms with Gasteiger partial charge in [0.1, 0.15) is 17.3 Å². The molecule has 21 heavy (non-hydrogen) atoms. The number of hydrogen-bond acceptors (Lipinski definition) is 5. The number of rotatable bonds is 4. The van der Waals surface area contributed by atoms with E-state index >= 15 is 0 Å². The number of benzene rings is 1. The third kappa shape index (κ3) is 3.03. The molecule has 0 atom stereocenters. The molecule has 0 amide bonds. The predicted molar refractivity (Wildman–Crippen MR) is 75.2 cm³/mol. The van der Waals surface area contributed by atoms with Crippen LogP contribution >= 0.6 is 11.6 Å². The maximum atomic E-state index is 12.0. The number of nitrogens with zero attached hydrogens (tertiary/aromatic N) is 3. The van der Waals surface area contributed by atoms with Crippen molar-refractivity contribution in [3.63, 3.8) is 0 Å². The number of esters is 1. The van der Waals surface area contributed by atoms with E-state index in [1.807, 2.05) is 0 Å². The number of nitro benzene ring substituents is 1. The van der Waals surface area contributed by atoms with Gasteiger partial charge in [-0.1, -0.05) is 23.7 Å². The smallest absolute Gasteiger partial charge is 0.343 e. The Morgan fingerprint density at radius 2 is 2.14 bits per heavy atom. The van der Waals surface area contributed by atoms with E-state index in [1.54, 1.807) is 26.1 Å². The molecule has 0 saturated carbocycles. The van der Waals surface area contributed by atoms with Crippen molar-refractivity contribution in [2.75, 3.05) is 0 Å². The second-order valence-corrected chi connectivity index (χ2v) is 4.69. The van der Waals surface area contributed by atoms with Crippen molar-refractivity contribution in [3.05, 3.63) is 56.4 Å². The van der Waals surface area contributed by atoms with Crippen molar-refractivity contribution < 1.29 is 14.5 Å². The fourth-order valence-corrected chi connectivity index (χ4v) is 2.14. The number of carbonyl (C=O) groups is 1. The average molecular weight is 310 g/mol. The molecule has 1 aromatic carbocycles. The number of hydrogen-bond donors (Lipinski definition) is 0. The first-order valence-electron chi connectivity index (χ1n) is 6.00. The van der Waals surface area contributed by atoms with E-state index in [-0.39, 0.29) is 23.0 Å². The van der Waals surface area contributed by atoms with Crippen molar-refractivity contribution in [1.82, 2.24) is 9.78 Å². The van der Waals surface area contributed by atoms with Crippen LogP contribution in [-0.4, -0.2) is 20.7 Å². The lowest BCUT2D eigenvalue weighted by Crippen LogP contribution is -2.08. The number of ether oxygens (including phenoxy) is 1. The number of para-hydroxylation sites is 1. The summed E-state index contributed by atoms with van der Waals surface area (Å²) in [5, 5.41) is 15.1. The molecule has 0 radical (unpaired) electrons. The molecule has 0 aliphatic heterocycles. The topological polar surface area (TPSA) is 87.3 Å². The van der Waals surface area contributed by atoms with Crippen LogP contribution in [0.2, 0.25) is 5.15 Å². The summed E-state index contributed by atoms with van der Waals surface area (Å²) in [4.78, 5) is 22.4. The summed E-state index contributed by atoms with van der Waals surface area (Å²) in [7, 11) is 1.61. The fraction of sp³-hybridized carbons (Fsp3) is 0.231. The van der Waals surface area contributed by atoms with Crippen LogP contribution in [-0.2, 0) is 18.4 Å². The Bertz CT molecular complexity index is 711. The van der Waals surface area contributed by atoms with Crippen LogP contribution in [0.25, 0.3) is 0 Å². The Labute approximate surface area is 125 Å². The minimum Gasteiger partial charge on any atom is -0.457 e. The molecule has 0 N–H and O–H groups in total. The lowest BCUT2D eigenvalue weighted by molar-refractivity contribution is -0.385. The normalized spacial score (nSPS) is 10.4. The van der Waals surface area contributed by atoms with Gasteiger partial charge in [0, 0.05) is 13.1 Å². The molecule has 2 rings (SSSR count). The molecule has 0 aliphatic rings. The molecular weight excluding hydrogens is 298 g/mol. The number of halogens is 1. The Kier molecular flexibility index (Phi) is 4.23. The summed E-state index contributed by atoms with van der Waals surface area (Å²) in [5.74, 6) is -0.663. The highest BCUT2D eigenvalue weighted by molar-refractivity contribution is 6.32. The Hall–Kier alpha value is -2.41. The summed E-state index contributed by atoms with van der Waals surface area (Å²) in [6, 6.07) is 6.07. The van der Waals surface area contributed by atoms with Crippen molar-refractivity contribution in [2.24, 2.45) is 7.05 Å². The van der Waals surface area contributed by atoms with Gasteiger partial charge in [0.2, 0.25) is 0 Å². The first kappa shape index (κ1) is 15.0. The first-order chi connectivity index (χ1) is 9.91. The van der Waals surface area contributed by atoms with E-state index in [9.17, 15) is 14.9 Å². The third-order valence-electron chi connectivity index (χ3n) is 2.90. The summed E-state index contributed by atoms with van der Waals surface area (Å²) in [5.41, 5.74) is 0.820. The zero-order valence-corrected chi connectivity index (χ0v) is 12.1. The van der Waals surface area contributed by atoms with E-state index in [1.165, 1.54) is 16.8 Å². The highest BCUT2D eigenvalue weighted by atomic mass is 35.5. The van der Waals surface area contributed by atoms with Gasteiger partial charge < -0.3 is 4.74 Å². The van der Waals surface area contributed by atoms with Crippen molar-refractivity contribution >= 4 is 23.3 Å². The van der Waals surface area contributed by atoms with Crippen LogP contribution < -0.4 is 0 Å². The van der Waals surface area contributed by atoms with Gasteiger partial charge in [-0.25, -0.2) is 4.79 Å². The van der Waals surface area contributed by atoms with Gasteiger partial charge in [0.15, 0.2) is 0 Å². The number of carbonyl (C=O) groups excluding carboxylic acids is 1.